The number of hydrogen-bond acceptors (Lipinski definition) is 1. The molecule has 0 aromatic carbocycles. The zero-order valence-electron chi connectivity index (χ0n) is 5.69. The topological polar surface area (TPSA) is 12.0 Å². The van der Waals surface area contributed by atoms with Gasteiger partial charge < -0.3 is 5.32 Å². The number of allylic oxidation sites excluding steroid dienone is 1. The fourth-order valence-electron chi connectivity index (χ4n) is 1.16. The SMILES string of the molecule is C=CCC1CCC(=C)N1. The van der Waals surface area contributed by atoms with E-state index in [2.05, 4.69) is 18.5 Å². The van der Waals surface area contributed by atoms with Crippen LogP contribution in [0.4, 0.5) is 0 Å². The van der Waals surface area contributed by atoms with E-state index in [1.54, 1.807) is 0 Å². The maximum absolute atomic E-state index is 3.84. The molecular weight excluding hydrogens is 110 g/mol. The summed E-state index contributed by atoms with van der Waals surface area (Å²) in [6, 6.07) is 0.620. The fraction of sp³-hybridized carbons (Fsp3) is 0.500. The van der Waals surface area contributed by atoms with E-state index in [0.29, 0.717) is 6.04 Å². The van der Waals surface area contributed by atoms with Crippen molar-refractivity contribution in [2.75, 3.05) is 0 Å². The van der Waals surface area contributed by atoms with Gasteiger partial charge in [-0.05, 0) is 19.3 Å². The standard InChI is InChI=1S/C8H13N/c1-3-4-8-6-5-7(2)9-8/h3,8-9H,1-2,4-6H2. The second-order valence-electron chi connectivity index (χ2n) is 2.51. The number of rotatable bonds is 2. The van der Waals surface area contributed by atoms with E-state index >= 15 is 0 Å². The normalized spacial score (nSPS) is 25.8. The molecule has 0 spiro atoms. The van der Waals surface area contributed by atoms with Crippen molar-refractivity contribution < 1.29 is 0 Å². The molecule has 1 atom stereocenters. The van der Waals surface area contributed by atoms with Crippen LogP contribution in [0.25, 0.3) is 0 Å². The van der Waals surface area contributed by atoms with Crippen LogP contribution in [-0.2, 0) is 0 Å². The summed E-state index contributed by atoms with van der Waals surface area (Å²) in [5.74, 6) is 0. The zero-order valence-corrected chi connectivity index (χ0v) is 5.69. The summed E-state index contributed by atoms with van der Waals surface area (Å²) in [4.78, 5) is 0. The third kappa shape index (κ3) is 1.60. The van der Waals surface area contributed by atoms with Crippen molar-refractivity contribution in [2.45, 2.75) is 25.3 Å². The van der Waals surface area contributed by atoms with Gasteiger partial charge in [0.15, 0.2) is 0 Å². The van der Waals surface area contributed by atoms with Crippen molar-refractivity contribution in [1.29, 1.82) is 0 Å². The highest BCUT2D eigenvalue weighted by atomic mass is 14.9. The Kier molecular flexibility index (Phi) is 1.93. The molecule has 1 N–H and O–H groups in total. The maximum Gasteiger partial charge on any atom is 0.0296 e. The second-order valence-corrected chi connectivity index (χ2v) is 2.51. The van der Waals surface area contributed by atoms with Crippen molar-refractivity contribution in [1.82, 2.24) is 5.32 Å². The summed E-state index contributed by atoms with van der Waals surface area (Å²) in [6.07, 6.45) is 5.39. The highest BCUT2D eigenvalue weighted by Crippen LogP contribution is 2.15. The zero-order chi connectivity index (χ0) is 6.69. The molecule has 1 aliphatic rings. The summed E-state index contributed by atoms with van der Waals surface area (Å²) in [6.45, 7) is 7.52. The van der Waals surface area contributed by atoms with Gasteiger partial charge in [-0.2, -0.15) is 0 Å². The lowest BCUT2D eigenvalue weighted by Gasteiger charge is -2.05. The van der Waals surface area contributed by atoms with Gasteiger partial charge in [0, 0.05) is 11.7 Å². The third-order valence-electron chi connectivity index (χ3n) is 1.65. The molecule has 50 valence electrons. The van der Waals surface area contributed by atoms with Crippen molar-refractivity contribution in [3.05, 3.63) is 24.9 Å². The van der Waals surface area contributed by atoms with Gasteiger partial charge in [0.2, 0.25) is 0 Å². The molecule has 0 aromatic rings. The van der Waals surface area contributed by atoms with Crippen molar-refractivity contribution >= 4 is 0 Å². The average molecular weight is 123 g/mol. The van der Waals surface area contributed by atoms with Crippen LogP contribution in [0.2, 0.25) is 0 Å². The largest absolute Gasteiger partial charge is 0.386 e. The molecule has 1 aliphatic heterocycles. The molecule has 1 unspecified atom stereocenters. The molecule has 1 heteroatoms. The van der Waals surface area contributed by atoms with Crippen molar-refractivity contribution in [3.63, 3.8) is 0 Å². The van der Waals surface area contributed by atoms with E-state index in [0.717, 1.165) is 12.8 Å². The van der Waals surface area contributed by atoms with Crippen molar-refractivity contribution in [2.24, 2.45) is 0 Å². The van der Waals surface area contributed by atoms with E-state index in [4.69, 9.17) is 0 Å². The molecule has 1 fully saturated rings. The quantitative estimate of drug-likeness (QED) is 0.552. The minimum absolute atomic E-state index is 0.620. The minimum Gasteiger partial charge on any atom is -0.386 e. The number of hydrogen-bond donors (Lipinski definition) is 1. The first-order valence-corrected chi connectivity index (χ1v) is 3.38. The maximum atomic E-state index is 3.84. The minimum atomic E-state index is 0.620. The first-order valence-electron chi connectivity index (χ1n) is 3.38. The molecule has 1 heterocycles. The Labute approximate surface area is 56.5 Å². The lowest BCUT2D eigenvalue weighted by molar-refractivity contribution is 0.629. The van der Waals surface area contributed by atoms with E-state index in [-0.39, 0.29) is 0 Å². The van der Waals surface area contributed by atoms with Crippen LogP contribution >= 0.6 is 0 Å². The Morgan fingerprint density at radius 1 is 1.78 bits per heavy atom. The summed E-state index contributed by atoms with van der Waals surface area (Å²) in [5, 5.41) is 3.29. The van der Waals surface area contributed by atoms with Gasteiger partial charge in [-0.25, -0.2) is 0 Å². The fourth-order valence-corrected chi connectivity index (χ4v) is 1.16. The van der Waals surface area contributed by atoms with Crippen LogP contribution in [0, 0.1) is 0 Å². The van der Waals surface area contributed by atoms with Crippen LogP contribution < -0.4 is 5.32 Å². The van der Waals surface area contributed by atoms with Gasteiger partial charge in [-0.15, -0.1) is 6.58 Å². The summed E-state index contributed by atoms with van der Waals surface area (Å²) >= 11 is 0. The van der Waals surface area contributed by atoms with E-state index in [1.807, 2.05) is 6.08 Å². The summed E-state index contributed by atoms with van der Waals surface area (Å²) < 4.78 is 0. The van der Waals surface area contributed by atoms with E-state index in [1.165, 1.54) is 12.1 Å². The monoisotopic (exact) mass is 123 g/mol. The molecule has 0 saturated carbocycles. The lowest BCUT2D eigenvalue weighted by Crippen LogP contribution is -2.18. The summed E-state index contributed by atoms with van der Waals surface area (Å²) in [5.41, 5.74) is 1.18. The van der Waals surface area contributed by atoms with Crippen LogP contribution in [0.1, 0.15) is 19.3 Å². The average Bonchev–Trinajstić information content (AvgIpc) is 2.17. The highest BCUT2D eigenvalue weighted by molar-refractivity contribution is 5.02. The molecule has 9 heavy (non-hydrogen) atoms. The van der Waals surface area contributed by atoms with E-state index < -0.39 is 0 Å². The van der Waals surface area contributed by atoms with Crippen LogP contribution in [-0.4, -0.2) is 6.04 Å². The summed E-state index contributed by atoms with van der Waals surface area (Å²) in [7, 11) is 0. The highest BCUT2D eigenvalue weighted by Gasteiger charge is 2.13. The Hall–Kier alpha value is -0.720. The van der Waals surface area contributed by atoms with Gasteiger partial charge >= 0.3 is 0 Å². The Bertz CT molecular complexity index is 127. The molecule has 1 saturated heterocycles. The molecule has 0 amide bonds. The lowest BCUT2D eigenvalue weighted by atomic mass is 10.2. The predicted octanol–water partition coefficient (Wildman–Crippen LogP) is 1.83. The molecular formula is C8H13N. The van der Waals surface area contributed by atoms with Crippen LogP contribution in [0.15, 0.2) is 24.9 Å². The Morgan fingerprint density at radius 3 is 3.00 bits per heavy atom. The number of nitrogens with one attached hydrogen (secondary N) is 1. The van der Waals surface area contributed by atoms with Gasteiger partial charge in [0.1, 0.15) is 0 Å². The van der Waals surface area contributed by atoms with Crippen molar-refractivity contribution in [3.8, 4) is 0 Å². The molecule has 1 nitrogen and oxygen atoms in total. The van der Waals surface area contributed by atoms with Gasteiger partial charge in [0.25, 0.3) is 0 Å². The molecule has 0 bridgehead atoms. The molecule has 1 rings (SSSR count). The predicted molar refractivity (Wildman–Crippen MR) is 40.1 cm³/mol. The molecule has 0 aliphatic carbocycles. The Morgan fingerprint density at radius 2 is 2.56 bits per heavy atom. The van der Waals surface area contributed by atoms with E-state index in [9.17, 15) is 0 Å². The van der Waals surface area contributed by atoms with Gasteiger partial charge in [-0.1, -0.05) is 12.7 Å². The smallest absolute Gasteiger partial charge is 0.0296 e. The molecule has 0 radical (unpaired) electrons. The third-order valence-corrected chi connectivity index (χ3v) is 1.65. The van der Waals surface area contributed by atoms with Crippen LogP contribution in [0.5, 0.6) is 0 Å². The van der Waals surface area contributed by atoms with Gasteiger partial charge in [0.05, 0.1) is 0 Å². The second kappa shape index (κ2) is 2.72. The van der Waals surface area contributed by atoms with Crippen LogP contribution in [0.3, 0.4) is 0 Å². The molecule has 0 aromatic heterocycles. The first kappa shape index (κ1) is 6.40. The Balaban J connectivity index is 2.29. The van der Waals surface area contributed by atoms with Gasteiger partial charge in [-0.3, -0.25) is 0 Å². The first-order chi connectivity index (χ1) is 4.33.